The van der Waals surface area contributed by atoms with Gasteiger partial charge in [0.05, 0.1) is 0 Å². The fraction of sp³-hybridized carbons (Fsp3) is 0.600. The van der Waals surface area contributed by atoms with Gasteiger partial charge in [-0.15, -0.1) is 0 Å². The molecule has 0 fully saturated rings. The fourth-order valence-electron chi connectivity index (χ4n) is 1.24. The summed E-state index contributed by atoms with van der Waals surface area (Å²) in [6.45, 7) is 1.32. The maximum Gasteiger partial charge on any atom is 0.158 e. The highest BCUT2D eigenvalue weighted by Gasteiger charge is 2.06. The summed E-state index contributed by atoms with van der Waals surface area (Å²) in [4.78, 5) is 10.5. The number of nitrogens with two attached hydrogens (primary N) is 1. The van der Waals surface area contributed by atoms with Crippen LogP contribution in [-0.2, 0) is 11.3 Å². The smallest absolute Gasteiger partial charge is 0.158 e. The van der Waals surface area contributed by atoms with E-state index in [4.69, 9.17) is 10.5 Å². The predicted octanol–water partition coefficient (Wildman–Crippen LogP) is 1.00. The van der Waals surface area contributed by atoms with Crippen molar-refractivity contribution in [1.29, 1.82) is 0 Å². The van der Waals surface area contributed by atoms with Crippen LogP contribution in [0.2, 0.25) is 0 Å². The third kappa shape index (κ3) is 3.86. The molecule has 5 nitrogen and oxygen atoms in total. The Balaban J connectivity index is 2.78. The lowest BCUT2D eigenvalue weighted by Gasteiger charge is -2.18. The van der Waals surface area contributed by atoms with Gasteiger partial charge in [0, 0.05) is 32.5 Å². The topological polar surface area (TPSA) is 64.3 Å². The van der Waals surface area contributed by atoms with Gasteiger partial charge in [-0.05, 0) is 6.26 Å². The molecule has 1 rings (SSSR count). The summed E-state index contributed by atoms with van der Waals surface area (Å²) < 4.78 is 5.00. The maximum absolute atomic E-state index is 5.72. The number of ether oxygens (including phenoxy) is 1. The molecular weight excluding hydrogens is 224 g/mol. The van der Waals surface area contributed by atoms with E-state index in [2.05, 4.69) is 21.1 Å². The Hall–Kier alpha value is -1.01. The van der Waals surface area contributed by atoms with Crippen molar-refractivity contribution in [1.82, 2.24) is 9.97 Å². The molecular formula is C10H18N4OS. The van der Waals surface area contributed by atoms with E-state index in [0.717, 1.165) is 18.1 Å². The highest BCUT2D eigenvalue weighted by Crippen LogP contribution is 2.13. The molecule has 0 amide bonds. The normalized spacial score (nSPS) is 10.4. The van der Waals surface area contributed by atoms with E-state index in [-0.39, 0.29) is 0 Å². The number of thioether (sulfide) groups is 1. The van der Waals surface area contributed by atoms with Crippen LogP contribution in [0.15, 0.2) is 6.07 Å². The van der Waals surface area contributed by atoms with Gasteiger partial charge in [0.1, 0.15) is 18.2 Å². The van der Waals surface area contributed by atoms with Crippen molar-refractivity contribution in [2.24, 2.45) is 0 Å². The monoisotopic (exact) mass is 242 g/mol. The molecule has 0 unspecified atom stereocenters. The molecule has 0 aromatic carbocycles. The summed E-state index contributed by atoms with van der Waals surface area (Å²) >= 11 is 1.80. The Kier molecular flexibility index (Phi) is 5.34. The molecule has 2 N–H and O–H groups in total. The first-order valence-electron chi connectivity index (χ1n) is 4.99. The largest absolute Gasteiger partial charge is 0.384 e. The van der Waals surface area contributed by atoms with Gasteiger partial charge in [0.25, 0.3) is 0 Å². The van der Waals surface area contributed by atoms with Crippen LogP contribution in [0.1, 0.15) is 5.82 Å². The molecule has 0 aliphatic carbocycles. The van der Waals surface area contributed by atoms with E-state index in [0.29, 0.717) is 18.2 Å². The molecule has 0 saturated carbocycles. The van der Waals surface area contributed by atoms with Crippen LogP contribution < -0.4 is 10.6 Å². The van der Waals surface area contributed by atoms with Crippen LogP contribution in [-0.4, -0.2) is 42.7 Å². The quantitative estimate of drug-likeness (QED) is 0.803. The van der Waals surface area contributed by atoms with E-state index < -0.39 is 0 Å². The first kappa shape index (κ1) is 13.1. The van der Waals surface area contributed by atoms with Gasteiger partial charge < -0.3 is 15.4 Å². The summed E-state index contributed by atoms with van der Waals surface area (Å²) in [6, 6.07) is 1.78. The third-order valence-corrected chi connectivity index (χ3v) is 2.66. The summed E-state index contributed by atoms with van der Waals surface area (Å²) in [5.74, 6) is 3.00. The second-order valence-electron chi connectivity index (χ2n) is 3.41. The number of nitrogens with zero attached hydrogens (tertiary/aromatic N) is 3. The lowest BCUT2D eigenvalue weighted by Crippen LogP contribution is -2.22. The van der Waals surface area contributed by atoms with Crippen molar-refractivity contribution in [3.63, 3.8) is 0 Å². The molecule has 0 atom stereocenters. The molecule has 1 aromatic rings. The van der Waals surface area contributed by atoms with Gasteiger partial charge in [-0.25, -0.2) is 9.97 Å². The predicted molar refractivity (Wildman–Crippen MR) is 68.8 cm³/mol. The fourth-order valence-corrected chi connectivity index (χ4v) is 1.69. The zero-order valence-corrected chi connectivity index (χ0v) is 10.8. The van der Waals surface area contributed by atoms with Crippen LogP contribution in [0.4, 0.5) is 11.6 Å². The molecule has 6 heteroatoms. The van der Waals surface area contributed by atoms with Gasteiger partial charge in [-0.1, -0.05) is 0 Å². The van der Waals surface area contributed by atoms with Gasteiger partial charge in [0.15, 0.2) is 5.82 Å². The molecule has 0 aliphatic rings. The Morgan fingerprint density at radius 2 is 2.25 bits per heavy atom. The minimum atomic E-state index is 0.383. The van der Waals surface area contributed by atoms with Crippen molar-refractivity contribution >= 4 is 23.4 Å². The summed E-state index contributed by atoms with van der Waals surface area (Å²) in [6.07, 6.45) is 2.08. The van der Waals surface area contributed by atoms with Gasteiger partial charge in [0.2, 0.25) is 0 Å². The van der Waals surface area contributed by atoms with Crippen LogP contribution >= 0.6 is 11.8 Å². The van der Waals surface area contributed by atoms with E-state index in [9.17, 15) is 0 Å². The summed E-state index contributed by atoms with van der Waals surface area (Å²) in [5, 5.41) is 0. The lowest BCUT2D eigenvalue weighted by atomic mass is 10.4. The van der Waals surface area contributed by atoms with Crippen molar-refractivity contribution in [2.45, 2.75) is 6.61 Å². The Labute approximate surface area is 100 Å². The molecule has 0 bridgehead atoms. The first-order valence-corrected chi connectivity index (χ1v) is 6.39. The van der Waals surface area contributed by atoms with Crippen molar-refractivity contribution in [3.05, 3.63) is 11.9 Å². The molecule has 16 heavy (non-hydrogen) atoms. The minimum Gasteiger partial charge on any atom is -0.384 e. The van der Waals surface area contributed by atoms with Crippen LogP contribution in [0.25, 0.3) is 0 Å². The number of hydrogen-bond acceptors (Lipinski definition) is 6. The number of aromatic nitrogens is 2. The molecule has 0 radical (unpaired) electrons. The third-order valence-electron chi connectivity index (χ3n) is 2.07. The lowest BCUT2D eigenvalue weighted by molar-refractivity contribution is 0.178. The highest BCUT2D eigenvalue weighted by molar-refractivity contribution is 7.98. The zero-order chi connectivity index (χ0) is 12.0. The Bertz CT molecular complexity index is 335. The average molecular weight is 242 g/mol. The van der Waals surface area contributed by atoms with Crippen LogP contribution in [0, 0.1) is 0 Å². The first-order chi connectivity index (χ1) is 7.67. The van der Waals surface area contributed by atoms with Crippen molar-refractivity contribution in [2.75, 3.05) is 43.3 Å². The second kappa shape index (κ2) is 6.55. The number of nitrogen functional groups attached to an aromatic ring is 1. The van der Waals surface area contributed by atoms with E-state index in [1.165, 1.54) is 0 Å². The van der Waals surface area contributed by atoms with E-state index in [1.54, 1.807) is 24.9 Å². The summed E-state index contributed by atoms with van der Waals surface area (Å²) in [7, 11) is 3.61. The standard InChI is InChI=1S/C10H18N4OS/c1-14(4-5-16-3)10-6-8(11)12-9(13-10)7-15-2/h6H,4-5,7H2,1-3H3,(H2,11,12,13). The maximum atomic E-state index is 5.72. The van der Waals surface area contributed by atoms with Crippen molar-refractivity contribution in [3.8, 4) is 0 Å². The number of anilines is 2. The molecule has 1 aromatic heterocycles. The second-order valence-corrected chi connectivity index (χ2v) is 4.40. The van der Waals surface area contributed by atoms with Gasteiger partial charge in [-0.2, -0.15) is 11.8 Å². The molecule has 0 spiro atoms. The van der Waals surface area contributed by atoms with Crippen LogP contribution in [0.3, 0.4) is 0 Å². The molecule has 1 heterocycles. The molecule has 90 valence electrons. The number of hydrogen-bond donors (Lipinski definition) is 1. The zero-order valence-electron chi connectivity index (χ0n) is 9.93. The highest BCUT2D eigenvalue weighted by atomic mass is 32.2. The molecule has 0 saturated heterocycles. The molecule has 0 aliphatic heterocycles. The van der Waals surface area contributed by atoms with Gasteiger partial charge in [-0.3, -0.25) is 0 Å². The van der Waals surface area contributed by atoms with Crippen molar-refractivity contribution < 1.29 is 4.74 Å². The van der Waals surface area contributed by atoms with E-state index in [1.807, 2.05) is 7.05 Å². The minimum absolute atomic E-state index is 0.383. The van der Waals surface area contributed by atoms with Crippen LogP contribution in [0.5, 0.6) is 0 Å². The summed E-state index contributed by atoms with van der Waals surface area (Å²) in [5.41, 5.74) is 5.72. The SMILES string of the molecule is COCc1nc(N)cc(N(C)CCSC)n1. The number of rotatable bonds is 6. The van der Waals surface area contributed by atoms with E-state index >= 15 is 0 Å². The van der Waals surface area contributed by atoms with Gasteiger partial charge >= 0.3 is 0 Å². The average Bonchev–Trinajstić information content (AvgIpc) is 2.25. The Morgan fingerprint density at radius 1 is 1.50 bits per heavy atom. The number of methoxy groups -OCH3 is 1. The Morgan fingerprint density at radius 3 is 2.88 bits per heavy atom.